The van der Waals surface area contributed by atoms with Crippen molar-refractivity contribution < 1.29 is 4.42 Å². The molecule has 4 bridgehead atoms. The van der Waals surface area contributed by atoms with E-state index in [0.29, 0.717) is 11.8 Å². The third-order valence-electron chi connectivity index (χ3n) is 13.8. The number of hydrogen-bond donors (Lipinski definition) is 0. The predicted octanol–water partition coefficient (Wildman–Crippen LogP) is 14.1. The lowest BCUT2D eigenvalue weighted by Crippen LogP contribution is -2.55. The summed E-state index contributed by atoms with van der Waals surface area (Å²) in [6.07, 6.45) is 6.94. The zero-order valence-electron chi connectivity index (χ0n) is 30.3. The van der Waals surface area contributed by atoms with E-state index in [1.807, 2.05) is 0 Å². The quantitative estimate of drug-likeness (QED) is 0.178. The summed E-state index contributed by atoms with van der Waals surface area (Å²) < 4.78 is 6.55. The molecule has 1 heterocycles. The first kappa shape index (κ1) is 30.6. The summed E-state index contributed by atoms with van der Waals surface area (Å²) in [5.74, 6) is 3.22. The van der Waals surface area contributed by atoms with Crippen LogP contribution in [0.2, 0.25) is 0 Å². The van der Waals surface area contributed by atoms with Gasteiger partial charge in [0.1, 0.15) is 11.2 Å². The highest BCUT2D eigenvalue weighted by Crippen LogP contribution is 2.69. The molecule has 5 aliphatic carbocycles. The number of fused-ring (bicyclic) bond motifs is 6. The minimum absolute atomic E-state index is 0.0865. The Balaban J connectivity index is 1.11. The number of para-hydroxylation sites is 1. The second kappa shape index (κ2) is 11.6. The number of nitrogens with zero attached hydrogens (tertiary/aromatic N) is 1. The van der Waals surface area contributed by atoms with Crippen LogP contribution in [0.1, 0.15) is 43.2 Å². The molecular formula is C52H41NO. The summed E-state index contributed by atoms with van der Waals surface area (Å²) in [6, 6.07) is 60.8. The van der Waals surface area contributed by atoms with E-state index in [-0.39, 0.29) is 5.41 Å². The third-order valence-corrected chi connectivity index (χ3v) is 13.8. The summed E-state index contributed by atoms with van der Waals surface area (Å²) in [5, 5.41) is 2.30. The maximum atomic E-state index is 6.55. The third kappa shape index (κ3) is 4.34. The number of benzene rings is 7. The second-order valence-corrected chi connectivity index (χ2v) is 16.5. The average molecular weight is 696 g/mol. The average Bonchev–Trinajstić information content (AvgIpc) is 3.74. The molecule has 0 N–H and O–H groups in total. The zero-order valence-corrected chi connectivity index (χ0v) is 30.3. The van der Waals surface area contributed by atoms with Gasteiger partial charge in [0.15, 0.2) is 0 Å². The summed E-state index contributed by atoms with van der Waals surface area (Å²) in [4.78, 5) is 2.51. The van der Waals surface area contributed by atoms with Crippen LogP contribution in [-0.2, 0) is 5.41 Å². The Morgan fingerprint density at radius 2 is 1.06 bits per heavy atom. The van der Waals surface area contributed by atoms with Gasteiger partial charge in [0, 0.05) is 39.2 Å². The van der Waals surface area contributed by atoms with Crippen LogP contribution in [0.25, 0.3) is 55.3 Å². The van der Waals surface area contributed by atoms with Gasteiger partial charge in [-0.05, 0) is 137 Å². The predicted molar refractivity (Wildman–Crippen MR) is 223 cm³/mol. The van der Waals surface area contributed by atoms with Crippen molar-refractivity contribution in [3.63, 3.8) is 0 Å². The van der Waals surface area contributed by atoms with Crippen LogP contribution in [0, 0.1) is 23.7 Å². The molecule has 4 saturated carbocycles. The molecule has 260 valence electrons. The number of hydrogen-bond acceptors (Lipinski definition) is 2. The molecule has 0 aliphatic heterocycles. The monoisotopic (exact) mass is 695 g/mol. The Hall–Kier alpha value is -5.86. The van der Waals surface area contributed by atoms with E-state index in [1.165, 1.54) is 71.2 Å². The van der Waals surface area contributed by atoms with Crippen LogP contribution in [-0.4, -0.2) is 0 Å². The van der Waals surface area contributed by atoms with Gasteiger partial charge in [0.2, 0.25) is 0 Å². The fourth-order valence-electron chi connectivity index (χ4n) is 12.0. The highest BCUT2D eigenvalue weighted by molar-refractivity contribution is 6.06. The molecule has 2 nitrogen and oxygen atoms in total. The number of anilines is 3. The lowest BCUT2D eigenvalue weighted by molar-refractivity contribution is -0.0399. The van der Waals surface area contributed by atoms with Crippen LogP contribution < -0.4 is 4.90 Å². The molecule has 0 atom stereocenters. The Bertz CT molecular complexity index is 2710. The molecule has 0 saturated heterocycles. The van der Waals surface area contributed by atoms with E-state index >= 15 is 0 Å². The maximum Gasteiger partial charge on any atom is 0.137 e. The van der Waals surface area contributed by atoms with Gasteiger partial charge in [-0.2, -0.15) is 0 Å². The number of furan rings is 1. The lowest BCUT2D eigenvalue weighted by Gasteiger charge is -2.61. The topological polar surface area (TPSA) is 16.4 Å². The van der Waals surface area contributed by atoms with E-state index in [9.17, 15) is 0 Å². The fraction of sp³-hybridized carbons (Fsp3) is 0.192. The first-order valence-corrected chi connectivity index (χ1v) is 19.9. The van der Waals surface area contributed by atoms with Crippen LogP contribution in [0.5, 0.6) is 0 Å². The van der Waals surface area contributed by atoms with Crippen LogP contribution in [0.4, 0.5) is 17.1 Å². The highest BCUT2D eigenvalue weighted by atomic mass is 16.3. The van der Waals surface area contributed by atoms with Crippen molar-refractivity contribution in [1.82, 2.24) is 0 Å². The van der Waals surface area contributed by atoms with Crippen LogP contribution in [0.3, 0.4) is 0 Å². The van der Waals surface area contributed by atoms with Gasteiger partial charge < -0.3 is 9.32 Å². The molecule has 7 aromatic carbocycles. The van der Waals surface area contributed by atoms with Crippen LogP contribution in [0.15, 0.2) is 168 Å². The standard InChI is InChI=1S/C52H41NO/c1-3-11-35(12-4-1)37-19-24-49(46(30-37)36-13-5-2-6-14-36)53(41-21-23-45-44-16-8-10-18-50(44)54-51(45)32-41)40-20-22-43-42-15-7-9-17-47(42)52(48(43)31-40)38-26-33-25-34(28-38)29-39(52)27-33/h1-24,30-34,38-39H,25-29H2. The molecule has 5 aliphatic rings. The SMILES string of the molecule is c1ccc(-c2ccc(N(c3ccc4c(c3)C3(c5ccccc5-4)C4CC5CC(C4)CC3C5)c3ccc4c(c3)oc3ccccc34)c(-c3ccccc3)c2)cc1. The van der Waals surface area contributed by atoms with Crippen molar-refractivity contribution in [2.24, 2.45) is 23.7 Å². The molecule has 0 unspecified atom stereocenters. The first-order chi connectivity index (χ1) is 26.7. The molecule has 2 heteroatoms. The molecule has 4 fully saturated rings. The van der Waals surface area contributed by atoms with Gasteiger partial charge in [-0.1, -0.05) is 115 Å². The van der Waals surface area contributed by atoms with Crippen molar-refractivity contribution in [1.29, 1.82) is 0 Å². The second-order valence-electron chi connectivity index (χ2n) is 16.5. The molecule has 0 amide bonds. The molecule has 13 rings (SSSR count). The Morgan fingerprint density at radius 3 is 1.85 bits per heavy atom. The molecule has 8 aromatic rings. The summed E-state index contributed by atoms with van der Waals surface area (Å²) in [7, 11) is 0. The van der Waals surface area contributed by atoms with E-state index < -0.39 is 0 Å². The molecule has 1 aromatic heterocycles. The Labute approximate surface area is 316 Å². The summed E-state index contributed by atoms with van der Waals surface area (Å²) in [6.45, 7) is 0. The van der Waals surface area contributed by atoms with E-state index in [0.717, 1.165) is 45.1 Å². The molecule has 54 heavy (non-hydrogen) atoms. The summed E-state index contributed by atoms with van der Waals surface area (Å²) in [5.41, 5.74) is 16.3. The van der Waals surface area contributed by atoms with E-state index in [1.54, 1.807) is 11.1 Å². The first-order valence-electron chi connectivity index (χ1n) is 19.9. The molecule has 0 radical (unpaired) electrons. The van der Waals surface area contributed by atoms with Gasteiger partial charge in [-0.3, -0.25) is 0 Å². The minimum Gasteiger partial charge on any atom is -0.456 e. The van der Waals surface area contributed by atoms with Gasteiger partial charge in [0.25, 0.3) is 0 Å². The highest BCUT2D eigenvalue weighted by Gasteiger charge is 2.61. The fourth-order valence-corrected chi connectivity index (χ4v) is 12.0. The Morgan fingerprint density at radius 1 is 0.426 bits per heavy atom. The summed E-state index contributed by atoms with van der Waals surface area (Å²) >= 11 is 0. The van der Waals surface area contributed by atoms with Gasteiger partial charge in [0.05, 0.1) is 5.69 Å². The van der Waals surface area contributed by atoms with Crippen molar-refractivity contribution in [2.75, 3.05) is 4.90 Å². The van der Waals surface area contributed by atoms with Gasteiger partial charge in [-0.15, -0.1) is 0 Å². The van der Waals surface area contributed by atoms with Gasteiger partial charge >= 0.3 is 0 Å². The van der Waals surface area contributed by atoms with E-state index in [2.05, 4.69) is 169 Å². The van der Waals surface area contributed by atoms with E-state index in [4.69, 9.17) is 4.42 Å². The maximum absolute atomic E-state index is 6.55. The van der Waals surface area contributed by atoms with Crippen LogP contribution >= 0.6 is 0 Å². The largest absolute Gasteiger partial charge is 0.456 e. The minimum atomic E-state index is 0.0865. The Kier molecular flexibility index (Phi) is 6.55. The zero-order chi connectivity index (χ0) is 35.4. The normalized spacial score (nSPS) is 23.3. The van der Waals surface area contributed by atoms with Crippen molar-refractivity contribution in [3.8, 4) is 33.4 Å². The molecule has 1 spiro atoms. The van der Waals surface area contributed by atoms with Crippen molar-refractivity contribution in [2.45, 2.75) is 37.5 Å². The number of rotatable bonds is 5. The van der Waals surface area contributed by atoms with Crippen molar-refractivity contribution in [3.05, 3.63) is 175 Å². The van der Waals surface area contributed by atoms with Gasteiger partial charge in [-0.25, -0.2) is 0 Å². The van der Waals surface area contributed by atoms with Crippen molar-refractivity contribution >= 4 is 39.0 Å². The molecular weight excluding hydrogens is 655 g/mol. The smallest absolute Gasteiger partial charge is 0.137 e. The lowest BCUT2D eigenvalue weighted by atomic mass is 9.43.